The highest BCUT2D eigenvalue weighted by atomic mass is 16.5. The zero-order valence-corrected chi connectivity index (χ0v) is 12.7. The van der Waals surface area contributed by atoms with E-state index >= 15 is 0 Å². The topological polar surface area (TPSA) is 39.1 Å². The molecule has 1 aromatic heterocycles. The van der Waals surface area contributed by atoms with E-state index in [9.17, 15) is 0 Å². The Morgan fingerprint density at radius 1 is 1.53 bits per heavy atom. The van der Waals surface area contributed by atoms with Gasteiger partial charge in [-0.05, 0) is 45.2 Å². The Labute approximate surface area is 116 Å². The normalized spacial score (nSPS) is 19.2. The first-order chi connectivity index (χ1) is 9.12. The highest BCUT2D eigenvalue weighted by Gasteiger charge is 2.38. The van der Waals surface area contributed by atoms with Gasteiger partial charge in [-0.3, -0.25) is 4.68 Å². The summed E-state index contributed by atoms with van der Waals surface area (Å²) >= 11 is 0. The number of aryl methyl sites for hydroxylation is 2. The second kappa shape index (κ2) is 6.06. The molecule has 0 bridgehead atoms. The highest BCUT2D eigenvalue weighted by molar-refractivity contribution is 5.12. The molecule has 0 aromatic carbocycles. The molecule has 4 heteroatoms. The number of aromatic nitrogens is 2. The fourth-order valence-electron chi connectivity index (χ4n) is 2.98. The number of likely N-dealkylation sites (N-methyl/N-ethyl adjacent to an activating group) is 1. The predicted molar refractivity (Wildman–Crippen MR) is 77.3 cm³/mol. The second-order valence-electron chi connectivity index (χ2n) is 5.74. The standard InChI is InChI=1S/C15H27N3O/c1-5-12-9-14(18(3)17-12)10-13(16-2)11-15(19-4)7-6-8-15/h9,13,16H,5-8,10-11H2,1-4H3. The number of nitrogens with zero attached hydrogens (tertiary/aromatic N) is 2. The van der Waals surface area contributed by atoms with Gasteiger partial charge in [-0.25, -0.2) is 0 Å². The second-order valence-corrected chi connectivity index (χ2v) is 5.74. The largest absolute Gasteiger partial charge is 0.378 e. The molecule has 1 saturated carbocycles. The minimum Gasteiger partial charge on any atom is -0.378 e. The zero-order valence-electron chi connectivity index (χ0n) is 12.7. The monoisotopic (exact) mass is 265 g/mol. The maximum absolute atomic E-state index is 5.74. The molecule has 0 radical (unpaired) electrons. The van der Waals surface area contributed by atoms with E-state index in [1.807, 2.05) is 25.9 Å². The fraction of sp³-hybridized carbons (Fsp3) is 0.800. The van der Waals surface area contributed by atoms with Crippen LogP contribution in [0.25, 0.3) is 0 Å². The Morgan fingerprint density at radius 2 is 2.26 bits per heavy atom. The van der Waals surface area contributed by atoms with E-state index in [4.69, 9.17) is 4.74 Å². The quantitative estimate of drug-likeness (QED) is 0.820. The van der Waals surface area contributed by atoms with Gasteiger partial charge in [0, 0.05) is 32.3 Å². The average Bonchev–Trinajstić information content (AvgIpc) is 2.73. The summed E-state index contributed by atoms with van der Waals surface area (Å²) in [6.45, 7) is 2.15. The van der Waals surface area contributed by atoms with Gasteiger partial charge in [-0.1, -0.05) is 6.92 Å². The number of rotatable bonds is 7. The van der Waals surface area contributed by atoms with E-state index in [1.54, 1.807) is 0 Å². The average molecular weight is 265 g/mol. The summed E-state index contributed by atoms with van der Waals surface area (Å²) in [6.07, 6.45) is 6.81. The van der Waals surface area contributed by atoms with Crippen LogP contribution < -0.4 is 5.32 Å². The van der Waals surface area contributed by atoms with Gasteiger partial charge < -0.3 is 10.1 Å². The van der Waals surface area contributed by atoms with Crippen LogP contribution in [-0.4, -0.2) is 35.6 Å². The lowest BCUT2D eigenvalue weighted by Crippen LogP contribution is -2.46. The van der Waals surface area contributed by atoms with Crippen molar-refractivity contribution in [1.29, 1.82) is 0 Å². The van der Waals surface area contributed by atoms with Crippen molar-refractivity contribution >= 4 is 0 Å². The van der Waals surface area contributed by atoms with Crippen LogP contribution in [0.2, 0.25) is 0 Å². The first-order valence-electron chi connectivity index (χ1n) is 7.36. The van der Waals surface area contributed by atoms with Gasteiger partial charge in [-0.15, -0.1) is 0 Å². The summed E-state index contributed by atoms with van der Waals surface area (Å²) in [6, 6.07) is 2.69. The molecule has 1 fully saturated rings. The minimum absolute atomic E-state index is 0.125. The zero-order chi connectivity index (χ0) is 13.9. The van der Waals surface area contributed by atoms with Gasteiger partial charge in [-0.2, -0.15) is 5.10 Å². The third-order valence-electron chi connectivity index (χ3n) is 4.57. The van der Waals surface area contributed by atoms with Crippen LogP contribution >= 0.6 is 0 Å². The van der Waals surface area contributed by atoms with Crippen LogP contribution in [-0.2, 0) is 24.6 Å². The van der Waals surface area contributed by atoms with Gasteiger partial charge >= 0.3 is 0 Å². The molecule has 108 valence electrons. The van der Waals surface area contributed by atoms with Crippen molar-refractivity contribution in [3.63, 3.8) is 0 Å². The predicted octanol–water partition coefficient (Wildman–Crippen LogP) is 2.07. The van der Waals surface area contributed by atoms with E-state index in [-0.39, 0.29) is 5.60 Å². The highest BCUT2D eigenvalue weighted by Crippen LogP contribution is 2.39. The van der Waals surface area contributed by atoms with E-state index < -0.39 is 0 Å². The Morgan fingerprint density at radius 3 is 2.68 bits per heavy atom. The fourth-order valence-corrected chi connectivity index (χ4v) is 2.98. The molecule has 0 aliphatic heterocycles. The summed E-state index contributed by atoms with van der Waals surface area (Å²) in [7, 11) is 5.94. The molecule has 1 heterocycles. The van der Waals surface area contributed by atoms with Crippen LogP contribution in [0.1, 0.15) is 44.0 Å². The van der Waals surface area contributed by atoms with Crippen molar-refractivity contribution < 1.29 is 4.74 Å². The molecule has 4 nitrogen and oxygen atoms in total. The summed E-state index contributed by atoms with van der Waals surface area (Å²) in [5.41, 5.74) is 2.61. The molecular formula is C15H27N3O. The van der Waals surface area contributed by atoms with E-state index in [0.29, 0.717) is 6.04 Å². The molecule has 1 aliphatic rings. The Balaban J connectivity index is 2.00. The number of methoxy groups -OCH3 is 1. The Hall–Kier alpha value is -0.870. The molecule has 1 atom stereocenters. The lowest BCUT2D eigenvalue weighted by atomic mass is 9.75. The van der Waals surface area contributed by atoms with Crippen molar-refractivity contribution in [3.8, 4) is 0 Å². The molecule has 1 unspecified atom stereocenters. The molecule has 1 aliphatic carbocycles. The van der Waals surface area contributed by atoms with Crippen LogP contribution in [0.3, 0.4) is 0 Å². The van der Waals surface area contributed by atoms with Crippen molar-refractivity contribution in [3.05, 3.63) is 17.5 Å². The summed E-state index contributed by atoms with van der Waals surface area (Å²) in [5.74, 6) is 0. The van der Waals surface area contributed by atoms with E-state index in [2.05, 4.69) is 23.4 Å². The molecule has 0 saturated heterocycles. The molecule has 1 N–H and O–H groups in total. The van der Waals surface area contributed by atoms with E-state index in [0.717, 1.165) is 19.3 Å². The summed E-state index contributed by atoms with van der Waals surface area (Å²) in [4.78, 5) is 0. The Bertz CT molecular complexity index is 404. The van der Waals surface area contributed by atoms with Gasteiger partial charge in [0.05, 0.1) is 11.3 Å². The molecule has 19 heavy (non-hydrogen) atoms. The molecule has 1 aromatic rings. The number of hydrogen-bond donors (Lipinski definition) is 1. The lowest BCUT2D eigenvalue weighted by molar-refractivity contribution is -0.0831. The third-order valence-corrected chi connectivity index (χ3v) is 4.57. The number of nitrogens with one attached hydrogen (secondary N) is 1. The summed E-state index contributed by atoms with van der Waals surface area (Å²) in [5, 5.41) is 7.97. The molecular weight excluding hydrogens is 238 g/mol. The molecule has 0 amide bonds. The van der Waals surface area contributed by atoms with Gasteiger partial charge in [0.15, 0.2) is 0 Å². The summed E-state index contributed by atoms with van der Waals surface area (Å²) < 4.78 is 7.76. The van der Waals surface area contributed by atoms with Crippen LogP contribution in [0, 0.1) is 0 Å². The number of hydrogen-bond acceptors (Lipinski definition) is 3. The first kappa shape index (κ1) is 14.5. The van der Waals surface area contributed by atoms with Crippen molar-refractivity contribution in [2.45, 2.75) is 57.1 Å². The molecule has 2 rings (SSSR count). The van der Waals surface area contributed by atoms with Gasteiger partial charge in [0.1, 0.15) is 0 Å². The minimum atomic E-state index is 0.125. The molecule has 0 spiro atoms. The van der Waals surface area contributed by atoms with Crippen LogP contribution in [0.15, 0.2) is 6.07 Å². The maximum Gasteiger partial charge on any atom is 0.0693 e. The van der Waals surface area contributed by atoms with Crippen molar-refractivity contribution in [2.75, 3.05) is 14.2 Å². The van der Waals surface area contributed by atoms with Crippen molar-refractivity contribution in [2.24, 2.45) is 7.05 Å². The van der Waals surface area contributed by atoms with Crippen LogP contribution in [0.4, 0.5) is 0 Å². The van der Waals surface area contributed by atoms with Crippen LogP contribution in [0.5, 0.6) is 0 Å². The third kappa shape index (κ3) is 3.18. The smallest absolute Gasteiger partial charge is 0.0693 e. The SMILES string of the molecule is CCc1cc(CC(CC2(OC)CCC2)NC)n(C)n1. The lowest BCUT2D eigenvalue weighted by Gasteiger charge is -2.42. The maximum atomic E-state index is 5.74. The van der Waals surface area contributed by atoms with E-state index in [1.165, 1.54) is 30.7 Å². The van der Waals surface area contributed by atoms with Gasteiger partial charge in [0.25, 0.3) is 0 Å². The van der Waals surface area contributed by atoms with Gasteiger partial charge in [0.2, 0.25) is 0 Å². The first-order valence-corrected chi connectivity index (χ1v) is 7.36. The van der Waals surface area contributed by atoms with Crippen molar-refractivity contribution in [1.82, 2.24) is 15.1 Å². The Kier molecular flexibility index (Phi) is 4.63. The number of ether oxygens (including phenoxy) is 1.